The standard InChI is InChI=1S/C23H21N7O/c1-23(2,13-24)15-6-8-26-19(12-15)18-7-9-27-22(30-18)28-16-4-5-17-14(10-16)11-20(29-17)21(31)25-3/h4-12,29H,1-3H3,(H,25,31)(H,27,28,30). The smallest absolute Gasteiger partial charge is 0.267 e. The summed E-state index contributed by atoms with van der Waals surface area (Å²) in [5, 5.41) is 16.1. The zero-order valence-corrected chi connectivity index (χ0v) is 17.4. The first-order chi connectivity index (χ1) is 14.9. The van der Waals surface area contributed by atoms with Crippen LogP contribution in [-0.4, -0.2) is 32.9 Å². The van der Waals surface area contributed by atoms with E-state index in [0.717, 1.165) is 22.2 Å². The van der Waals surface area contributed by atoms with Crippen molar-refractivity contribution in [3.8, 4) is 17.5 Å². The van der Waals surface area contributed by atoms with Gasteiger partial charge in [-0.2, -0.15) is 5.26 Å². The summed E-state index contributed by atoms with van der Waals surface area (Å²) >= 11 is 0. The quantitative estimate of drug-likeness (QED) is 0.458. The predicted octanol–water partition coefficient (Wildman–Crippen LogP) is 3.92. The second-order valence-corrected chi connectivity index (χ2v) is 7.62. The highest BCUT2D eigenvalue weighted by atomic mass is 16.1. The number of rotatable bonds is 5. The second-order valence-electron chi connectivity index (χ2n) is 7.62. The fourth-order valence-electron chi connectivity index (χ4n) is 3.18. The Hall–Kier alpha value is -4.25. The van der Waals surface area contributed by atoms with Gasteiger partial charge in [0.05, 0.1) is 22.9 Å². The third kappa shape index (κ3) is 4.07. The largest absolute Gasteiger partial charge is 0.354 e. The summed E-state index contributed by atoms with van der Waals surface area (Å²) in [5.74, 6) is 0.252. The van der Waals surface area contributed by atoms with Crippen molar-refractivity contribution >= 4 is 28.4 Å². The molecule has 3 N–H and O–H groups in total. The number of hydrogen-bond donors (Lipinski definition) is 3. The normalized spacial score (nSPS) is 11.2. The van der Waals surface area contributed by atoms with Crippen LogP contribution in [0.5, 0.6) is 0 Å². The average Bonchev–Trinajstić information content (AvgIpc) is 3.22. The topological polar surface area (TPSA) is 119 Å². The molecular weight excluding hydrogens is 390 g/mol. The molecule has 31 heavy (non-hydrogen) atoms. The molecule has 8 nitrogen and oxygen atoms in total. The molecule has 154 valence electrons. The van der Waals surface area contributed by atoms with Gasteiger partial charge in [-0.05, 0) is 61.9 Å². The Balaban J connectivity index is 1.62. The molecule has 0 fully saturated rings. The number of nitriles is 1. The molecule has 0 unspecified atom stereocenters. The maximum atomic E-state index is 11.8. The minimum absolute atomic E-state index is 0.170. The van der Waals surface area contributed by atoms with Crippen LogP contribution in [0.25, 0.3) is 22.3 Å². The number of anilines is 2. The number of aromatic nitrogens is 4. The molecule has 0 aliphatic heterocycles. The summed E-state index contributed by atoms with van der Waals surface area (Å²) in [7, 11) is 1.59. The first kappa shape index (κ1) is 20.0. The van der Waals surface area contributed by atoms with E-state index < -0.39 is 5.41 Å². The van der Waals surface area contributed by atoms with Crippen molar-refractivity contribution in [2.24, 2.45) is 0 Å². The number of benzene rings is 1. The molecule has 0 spiro atoms. The summed E-state index contributed by atoms with van der Waals surface area (Å²) < 4.78 is 0. The third-order valence-corrected chi connectivity index (χ3v) is 5.03. The van der Waals surface area contributed by atoms with Crippen molar-refractivity contribution in [2.45, 2.75) is 19.3 Å². The van der Waals surface area contributed by atoms with E-state index in [1.807, 2.05) is 44.2 Å². The van der Waals surface area contributed by atoms with Crippen LogP contribution in [-0.2, 0) is 5.41 Å². The van der Waals surface area contributed by atoms with Gasteiger partial charge < -0.3 is 15.6 Å². The van der Waals surface area contributed by atoms with Crippen molar-refractivity contribution in [3.05, 3.63) is 66.1 Å². The molecule has 8 heteroatoms. The lowest BCUT2D eigenvalue weighted by atomic mass is 9.86. The number of nitrogens with one attached hydrogen (secondary N) is 3. The average molecular weight is 411 g/mol. The van der Waals surface area contributed by atoms with Crippen LogP contribution in [0.15, 0.2) is 54.9 Å². The van der Waals surface area contributed by atoms with E-state index in [9.17, 15) is 10.1 Å². The van der Waals surface area contributed by atoms with Gasteiger partial charge in [-0.1, -0.05) is 0 Å². The van der Waals surface area contributed by atoms with Gasteiger partial charge in [-0.25, -0.2) is 9.97 Å². The fourth-order valence-corrected chi connectivity index (χ4v) is 3.18. The van der Waals surface area contributed by atoms with Crippen LogP contribution in [0, 0.1) is 11.3 Å². The van der Waals surface area contributed by atoms with E-state index in [0.29, 0.717) is 23.0 Å². The molecule has 3 heterocycles. The van der Waals surface area contributed by atoms with Crippen LogP contribution in [0.3, 0.4) is 0 Å². The molecule has 0 saturated heterocycles. The zero-order chi connectivity index (χ0) is 22.0. The Morgan fingerprint density at radius 3 is 2.65 bits per heavy atom. The number of aromatic amines is 1. The molecule has 4 aromatic rings. The second kappa shape index (κ2) is 7.88. The summed E-state index contributed by atoms with van der Waals surface area (Å²) in [6, 6.07) is 15.3. The Morgan fingerprint density at radius 1 is 1.06 bits per heavy atom. The summed E-state index contributed by atoms with van der Waals surface area (Å²) in [6.07, 6.45) is 3.34. The number of fused-ring (bicyclic) bond motifs is 1. The van der Waals surface area contributed by atoms with Crippen LogP contribution in [0.1, 0.15) is 29.9 Å². The number of H-pyrrole nitrogens is 1. The molecule has 0 aliphatic carbocycles. The summed E-state index contributed by atoms with van der Waals surface area (Å²) in [6.45, 7) is 3.73. The molecule has 0 aliphatic rings. The highest BCUT2D eigenvalue weighted by Gasteiger charge is 2.20. The van der Waals surface area contributed by atoms with Gasteiger partial charge in [-0.15, -0.1) is 0 Å². The molecule has 1 amide bonds. The van der Waals surface area contributed by atoms with Gasteiger partial charge >= 0.3 is 0 Å². The number of hydrogen-bond acceptors (Lipinski definition) is 6. The van der Waals surface area contributed by atoms with E-state index in [4.69, 9.17) is 0 Å². The lowest BCUT2D eigenvalue weighted by molar-refractivity contribution is 0.0959. The molecule has 0 saturated carbocycles. The SMILES string of the molecule is CNC(=O)c1cc2cc(Nc3nccc(-c4cc(C(C)(C)C#N)ccn4)n3)ccc2[nH]1. The van der Waals surface area contributed by atoms with Crippen LogP contribution in [0.2, 0.25) is 0 Å². The molecular formula is C23H21N7O. The van der Waals surface area contributed by atoms with E-state index in [-0.39, 0.29) is 5.91 Å². The molecule has 4 rings (SSSR count). The van der Waals surface area contributed by atoms with Gasteiger partial charge in [-0.3, -0.25) is 9.78 Å². The van der Waals surface area contributed by atoms with Crippen molar-refractivity contribution in [2.75, 3.05) is 12.4 Å². The first-order valence-corrected chi connectivity index (χ1v) is 9.73. The highest BCUT2D eigenvalue weighted by Crippen LogP contribution is 2.26. The van der Waals surface area contributed by atoms with Crippen LogP contribution >= 0.6 is 0 Å². The van der Waals surface area contributed by atoms with E-state index in [2.05, 4.69) is 36.6 Å². The van der Waals surface area contributed by atoms with E-state index in [1.165, 1.54) is 0 Å². The number of carbonyl (C=O) groups is 1. The van der Waals surface area contributed by atoms with E-state index in [1.54, 1.807) is 31.6 Å². The Morgan fingerprint density at radius 2 is 1.87 bits per heavy atom. The molecule has 0 radical (unpaired) electrons. The Kier molecular flexibility index (Phi) is 5.09. The van der Waals surface area contributed by atoms with Crippen molar-refractivity contribution in [1.29, 1.82) is 5.26 Å². The number of pyridine rings is 1. The molecule has 3 aromatic heterocycles. The molecule has 1 aromatic carbocycles. The van der Waals surface area contributed by atoms with Gasteiger partial charge in [0, 0.05) is 36.0 Å². The van der Waals surface area contributed by atoms with Crippen molar-refractivity contribution < 1.29 is 4.79 Å². The maximum Gasteiger partial charge on any atom is 0.267 e. The fraction of sp³-hybridized carbons (Fsp3) is 0.174. The number of carbonyl (C=O) groups excluding carboxylic acids is 1. The minimum Gasteiger partial charge on any atom is -0.354 e. The third-order valence-electron chi connectivity index (χ3n) is 5.03. The minimum atomic E-state index is -0.620. The first-order valence-electron chi connectivity index (χ1n) is 9.73. The molecule has 0 bridgehead atoms. The number of nitrogens with zero attached hydrogens (tertiary/aromatic N) is 4. The van der Waals surface area contributed by atoms with Crippen molar-refractivity contribution in [3.63, 3.8) is 0 Å². The van der Waals surface area contributed by atoms with Gasteiger partial charge in [0.15, 0.2) is 0 Å². The van der Waals surface area contributed by atoms with Crippen LogP contribution in [0.4, 0.5) is 11.6 Å². The monoisotopic (exact) mass is 411 g/mol. The summed E-state index contributed by atoms with van der Waals surface area (Å²) in [5.41, 5.74) is 3.72. The molecule has 0 atom stereocenters. The highest BCUT2D eigenvalue weighted by molar-refractivity contribution is 5.98. The van der Waals surface area contributed by atoms with E-state index >= 15 is 0 Å². The maximum absolute atomic E-state index is 11.8. The van der Waals surface area contributed by atoms with Crippen LogP contribution < -0.4 is 10.6 Å². The Bertz CT molecular complexity index is 1320. The summed E-state index contributed by atoms with van der Waals surface area (Å²) in [4.78, 5) is 28.2. The van der Waals surface area contributed by atoms with Gasteiger partial charge in [0.2, 0.25) is 5.95 Å². The van der Waals surface area contributed by atoms with Gasteiger partial charge in [0.25, 0.3) is 5.91 Å². The predicted molar refractivity (Wildman–Crippen MR) is 119 cm³/mol. The Labute approximate surface area is 179 Å². The number of amides is 1. The van der Waals surface area contributed by atoms with Gasteiger partial charge in [0.1, 0.15) is 5.69 Å². The lowest BCUT2D eigenvalue weighted by Crippen LogP contribution is -2.17. The lowest BCUT2D eigenvalue weighted by Gasteiger charge is -2.16. The van der Waals surface area contributed by atoms with Crippen molar-refractivity contribution in [1.82, 2.24) is 25.3 Å². The zero-order valence-electron chi connectivity index (χ0n) is 17.4.